The lowest BCUT2D eigenvalue weighted by atomic mass is 10.0. The number of ether oxygens (including phenoxy) is 1. The number of benzene rings is 1. The molecule has 0 aliphatic carbocycles. The molecule has 2 aromatic rings. The number of nitrogens with zero attached hydrogens (tertiary/aromatic N) is 3. The molecule has 6 nitrogen and oxygen atoms in total. The minimum Gasteiger partial charge on any atom is -0.496 e. The first-order valence-electron chi connectivity index (χ1n) is 8.82. The molecule has 1 aromatic heterocycles. The molecule has 0 saturated carbocycles. The SMILES string of the molecule is C=CCc1ccc(OC)c(-c2cc(CN3CCN(C(C)=O)CC3)on2)c1. The van der Waals surface area contributed by atoms with Crippen LogP contribution < -0.4 is 4.74 Å². The van der Waals surface area contributed by atoms with Crippen LogP contribution in [0.15, 0.2) is 41.4 Å². The highest BCUT2D eigenvalue weighted by Gasteiger charge is 2.20. The van der Waals surface area contributed by atoms with E-state index in [2.05, 4.69) is 22.7 Å². The van der Waals surface area contributed by atoms with Gasteiger partial charge in [0.1, 0.15) is 11.4 Å². The number of rotatable bonds is 6. The monoisotopic (exact) mass is 355 g/mol. The summed E-state index contributed by atoms with van der Waals surface area (Å²) in [6, 6.07) is 8.00. The molecule has 0 spiro atoms. The first-order valence-corrected chi connectivity index (χ1v) is 8.82. The van der Waals surface area contributed by atoms with Crippen molar-refractivity contribution in [2.45, 2.75) is 19.9 Å². The highest BCUT2D eigenvalue weighted by atomic mass is 16.5. The molecule has 1 aliphatic heterocycles. The molecule has 1 fully saturated rings. The number of aromatic nitrogens is 1. The van der Waals surface area contributed by atoms with E-state index < -0.39 is 0 Å². The largest absolute Gasteiger partial charge is 0.496 e. The number of hydrogen-bond donors (Lipinski definition) is 0. The highest BCUT2D eigenvalue weighted by molar-refractivity contribution is 5.73. The summed E-state index contributed by atoms with van der Waals surface area (Å²) in [6.07, 6.45) is 2.67. The summed E-state index contributed by atoms with van der Waals surface area (Å²) >= 11 is 0. The van der Waals surface area contributed by atoms with E-state index in [1.54, 1.807) is 14.0 Å². The van der Waals surface area contributed by atoms with Gasteiger partial charge >= 0.3 is 0 Å². The van der Waals surface area contributed by atoms with Crippen molar-refractivity contribution < 1.29 is 14.1 Å². The van der Waals surface area contributed by atoms with Crippen LogP contribution in [0.4, 0.5) is 0 Å². The van der Waals surface area contributed by atoms with Crippen molar-refractivity contribution in [3.05, 3.63) is 48.2 Å². The lowest BCUT2D eigenvalue weighted by molar-refractivity contribution is -0.130. The molecular weight excluding hydrogens is 330 g/mol. The van der Waals surface area contributed by atoms with Crippen molar-refractivity contribution in [2.75, 3.05) is 33.3 Å². The molecule has 0 N–H and O–H groups in total. The van der Waals surface area contributed by atoms with Crippen LogP contribution in [0.1, 0.15) is 18.2 Å². The Balaban J connectivity index is 1.71. The van der Waals surface area contributed by atoms with Gasteiger partial charge in [0.25, 0.3) is 0 Å². The Morgan fingerprint density at radius 2 is 2.08 bits per heavy atom. The molecule has 1 amide bonds. The molecule has 0 unspecified atom stereocenters. The second-order valence-corrected chi connectivity index (χ2v) is 6.49. The Morgan fingerprint density at radius 1 is 1.31 bits per heavy atom. The average molecular weight is 355 g/mol. The second-order valence-electron chi connectivity index (χ2n) is 6.49. The van der Waals surface area contributed by atoms with Crippen LogP contribution in [-0.2, 0) is 17.8 Å². The first kappa shape index (κ1) is 18.2. The topological polar surface area (TPSA) is 58.8 Å². The lowest BCUT2D eigenvalue weighted by Crippen LogP contribution is -2.47. The fraction of sp³-hybridized carbons (Fsp3) is 0.400. The standard InChI is InChI=1S/C20H25N3O3/c1-4-5-16-6-7-20(25-3)18(12-16)19-13-17(26-21-19)14-22-8-10-23(11-9-22)15(2)24/h4,6-7,12-13H,1,5,8-11,14H2,2-3H3. The zero-order valence-corrected chi connectivity index (χ0v) is 15.4. The molecule has 26 heavy (non-hydrogen) atoms. The van der Waals surface area contributed by atoms with Gasteiger partial charge in [-0.1, -0.05) is 17.3 Å². The predicted octanol–water partition coefficient (Wildman–Crippen LogP) is 2.74. The zero-order chi connectivity index (χ0) is 18.5. The van der Waals surface area contributed by atoms with Gasteiger partial charge in [-0.25, -0.2) is 0 Å². The molecule has 0 bridgehead atoms. The van der Waals surface area contributed by atoms with Gasteiger partial charge in [0.2, 0.25) is 5.91 Å². The summed E-state index contributed by atoms with van der Waals surface area (Å²) in [5.74, 6) is 1.72. The molecule has 6 heteroatoms. The quantitative estimate of drug-likeness (QED) is 0.746. The van der Waals surface area contributed by atoms with Gasteiger partial charge in [0, 0.05) is 44.7 Å². The van der Waals surface area contributed by atoms with E-state index in [0.29, 0.717) is 6.54 Å². The van der Waals surface area contributed by atoms with Gasteiger partial charge in [0.05, 0.1) is 13.7 Å². The van der Waals surface area contributed by atoms with Crippen LogP contribution in [0, 0.1) is 0 Å². The fourth-order valence-corrected chi connectivity index (χ4v) is 3.20. The molecule has 1 saturated heterocycles. The summed E-state index contributed by atoms with van der Waals surface area (Å²) in [4.78, 5) is 15.6. The van der Waals surface area contributed by atoms with E-state index in [0.717, 1.165) is 60.9 Å². The van der Waals surface area contributed by atoms with Crippen molar-refractivity contribution in [3.8, 4) is 17.0 Å². The molecule has 1 aliphatic rings. The smallest absolute Gasteiger partial charge is 0.219 e. The molecule has 0 atom stereocenters. The maximum absolute atomic E-state index is 11.4. The van der Waals surface area contributed by atoms with Crippen LogP contribution in [0.5, 0.6) is 5.75 Å². The minimum atomic E-state index is 0.137. The van der Waals surface area contributed by atoms with Crippen LogP contribution in [0.3, 0.4) is 0 Å². The van der Waals surface area contributed by atoms with Gasteiger partial charge in [-0.05, 0) is 24.1 Å². The van der Waals surface area contributed by atoms with Crippen molar-refractivity contribution >= 4 is 5.91 Å². The second kappa shape index (κ2) is 8.19. The van der Waals surface area contributed by atoms with Crippen LogP contribution >= 0.6 is 0 Å². The summed E-state index contributed by atoms with van der Waals surface area (Å²) < 4.78 is 11.0. The summed E-state index contributed by atoms with van der Waals surface area (Å²) in [5.41, 5.74) is 2.84. The van der Waals surface area contributed by atoms with E-state index in [9.17, 15) is 4.79 Å². The normalized spacial score (nSPS) is 15.1. The third kappa shape index (κ3) is 4.14. The number of carbonyl (C=O) groups excluding carboxylic acids is 1. The van der Waals surface area contributed by atoms with Gasteiger partial charge < -0.3 is 14.2 Å². The first-order chi connectivity index (χ1) is 12.6. The zero-order valence-electron chi connectivity index (χ0n) is 15.4. The van der Waals surface area contributed by atoms with Crippen LogP contribution in [0.2, 0.25) is 0 Å². The van der Waals surface area contributed by atoms with Crippen molar-refractivity contribution in [2.24, 2.45) is 0 Å². The van der Waals surface area contributed by atoms with Crippen LogP contribution in [0.25, 0.3) is 11.3 Å². The van der Waals surface area contributed by atoms with Crippen LogP contribution in [-0.4, -0.2) is 54.2 Å². The van der Waals surface area contributed by atoms with Crippen molar-refractivity contribution in [1.82, 2.24) is 15.0 Å². The van der Waals surface area contributed by atoms with E-state index in [4.69, 9.17) is 9.26 Å². The summed E-state index contributed by atoms with van der Waals surface area (Å²) in [7, 11) is 1.65. The highest BCUT2D eigenvalue weighted by Crippen LogP contribution is 2.31. The molecular formula is C20H25N3O3. The van der Waals surface area contributed by atoms with Gasteiger partial charge in [-0.3, -0.25) is 9.69 Å². The Kier molecular flexibility index (Phi) is 5.73. The molecule has 138 valence electrons. The minimum absolute atomic E-state index is 0.137. The fourth-order valence-electron chi connectivity index (χ4n) is 3.20. The Bertz CT molecular complexity index is 776. The van der Waals surface area contributed by atoms with E-state index in [1.807, 2.05) is 29.2 Å². The maximum Gasteiger partial charge on any atom is 0.219 e. The number of methoxy groups -OCH3 is 1. The third-order valence-corrected chi connectivity index (χ3v) is 4.68. The number of allylic oxidation sites excluding steroid dienone is 1. The van der Waals surface area contributed by atoms with Gasteiger partial charge in [-0.2, -0.15) is 0 Å². The number of hydrogen-bond acceptors (Lipinski definition) is 5. The molecule has 0 radical (unpaired) electrons. The Hall–Kier alpha value is -2.60. The van der Waals surface area contributed by atoms with E-state index in [-0.39, 0.29) is 5.91 Å². The molecule has 1 aromatic carbocycles. The van der Waals surface area contributed by atoms with Crippen molar-refractivity contribution in [1.29, 1.82) is 0 Å². The number of carbonyl (C=O) groups is 1. The summed E-state index contributed by atoms with van der Waals surface area (Å²) in [5, 5.41) is 4.23. The lowest BCUT2D eigenvalue weighted by Gasteiger charge is -2.33. The van der Waals surface area contributed by atoms with Gasteiger partial charge in [0.15, 0.2) is 5.76 Å². The molecule has 2 heterocycles. The maximum atomic E-state index is 11.4. The average Bonchev–Trinajstić information content (AvgIpc) is 3.11. The van der Waals surface area contributed by atoms with E-state index >= 15 is 0 Å². The third-order valence-electron chi connectivity index (χ3n) is 4.68. The van der Waals surface area contributed by atoms with Gasteiger partial charge in [-0.15, -0.1) is 6.58 Å². The number of piperazine rings is 1. The summed E-state index contributed by atoms with van der Waals surface area (Å²) in [6.45, 7) is 9.29. The Labute approximate surface area is 154 Å². The Morgan fingerprint density at radius 3 is 2.73 bits per heavy atom. The van der Waals surface area contributed by atoms with E-state index in [1.165, 1.54) is 0 Å². The number of amides is 1. The molecule has 3 rings (SSSR count). The van der Waals surface area contributed by atoms with Crippen molar-refractivity contribution in [3.63, 3.8) is 0 Å². The predicted molar refractivity (Wildman–Crippen MR) is 99.9 cm³/mol.